The minimum Gasteiger partial charge on any atom is -0.350 e. The van der Waals surface area contributed by atoms with Gasteiger partial charge in [-0.15, -0.1) is 0 Å². The summed E-state index contributed by atoms with van der Waals surface area (Å²) in [6, 6.07) is 7.81. The number of hydrogen-bond acceptors (Lipinski definition) is 4. The van der Waals surface area contributed by atoms with Crippen molar-refractivity contribution in [3.05, 3.63) is 58.9 Å². The van der Waals surface area contributed by atoms with Gasteiger partial charge in [0.15, 0.2) is 5.11 Å². The molecule has 178 valence electrons. The summed E-state index contributed by atoms with van der Waals surface area (Å²) in [4.78, 5) is 27.6. The molecule has 0 saturated carbocycles. The van der Waals surface area contributed by atoms with Crippen molar-refractivity contribution in [1.29, 1.82) is 5.26 Å². The van der Waals surface area contributed by atoms with Crippen LogP contribution in [0.5, 0.6) is 0 Å². The summed E-state index contributed by atoms with van der Waals surface area (Å²) in [5.41, 5.74) is -3.41. The van der Waals surface area contributed by atoms with Gasteiger partial charge in [-0.2, -0.15) is 18.4 Å². The monoisotopic (exact) mass is 492 g/mol. The van der Waals surface area contributed by atoms with Gasteiger partial charge in [0.25, 0.3) is 11.8 Å². The Morgan fingerprint density at radius 2 is 1.76 bits per heavy atom. The van der Waals surface area contributed by atoms with Gasteiger partial charge in [-0.25, -0.2) is 4.39 Å². The fourth-order valence-corrected chi connectivity index (χ4v) is 4.15. The Hall–Kier alpha value is -3.52. The van der Waals surface area contributed by atoms with Crippen molar-refractivity contribution in [3.8, 4) is 6.07 Å². The standard InChI is InChI=1S/C23H20F4N4O2S/c1-12(2)29-19(32)16-8-7-15(10-18(16)24)31-21(34)30(20(33)22(31,3)4)14-6-5-13(11-28)17(9-14)23(25,26)27/h5-10,12H,1-4H3,(H,29,32). The molecule has 1 heterocycles. The fraction of sp³-hybridized carbons (Fsp3) is 0.304. The van der Waals surface area contributed by atoms with Crippen molar-refractivity contribution < 1.29 is 27.2 Å². The van der Waals surface area contributed by atoms with E-state index in [-0.39, 0.29) is 28.1 Å². The van der Waals surface area contributed by atoms with Crippen molar-refractivity contribution in [1.82, 2.24) is 5.32 Å². The molecule has 1 aliphatic rings. The first-order valence-corrected chi connectivity index (χ1v) is 10.5. The van der Waals surface area contributed by atoms with Gasteiger partial charge in [-0.05, 0) is 76.3 Å². The first-order chi connectivity index (χ1) is 15.7. The van der Waals surface area contributed by atoms with Gasteiger partial charge < -0.3 is 10.2 Å². The second-order valence-electron chi connectivity index (χ2n) is 8.45. The van der Waals surface area contributed by atoms with Crippen LogP contribution in [0.25, 0.3) is 0 Å². The molecule has 3 rings (SSSR count). The molecule has 0 bridgehead atoms. The fourth-order valence-electron chi connectivity index (χ4n) is 3.63. The number of nitrogens with zero attached hydrogens (tertiary/aromatic N) is 3. The lowest BCUT2D eigenvalue weighted by atomic mass is 10.0. The van der Waals surface area contributed by atoms with Crippen LogP contribution in [0.3, 0.4) is 0 Å². The predicted molar refractivity (Wildman–Crippen MR) is 122 cm³/mol. The van der Waals surface area contributed by atoms with E-state index in [4.69, 9.17) is 17.5 Å². The van der Waals surface area contributed by atoms with E-state index < -0.39 is 40.5 Å². The quantitative estimate of drug-likeness (QED) is 0.492. The topological polar surface area (TPSA) is 76.4 Å². The highest BCUT2D eigenvalue weighted by Crippen LogP contribution is 2.39. The maximum atomic E-state index is 14.8. The molecule has 6 nitrogen and oxygen atoms in total. The molecule has 0 atom stereocenters. The molecular weight excluding hydrogens is 472 g/mol. The van der Waals surface area contributed by atoms with Crippen LogP contribution in [0.2, 0.25) is 0 Å². The third kappa shape index (κ3) is 4.33. The molecule has 0 radical (unpaired) electrons. The van der Waals surface area contributed by atoms with Gasteiger partial charge in [0, 0.05) is 11.7 Å². The first kappa shape index (κ1) is 25.1. The summed E-state index contributed by atoms with van der Waals surface area (Å²) in [7, 11) is 0. The van der Waals surface area contributed by atoms with Gasteiger partial charge in [0.05, 0.1) is 28.4 Å². The lowest BCUT2D eigenvalue weighted by Crippen LogP contribution is -2.44. The Bertz CT molecular complexity index is 1230. The Kier molecular flexibility index (Phi) is 6.41. The number of amides is 2. The summed E-state index contributed by atoms with van der Waals surface area (Å²) in [5, 5.41) is 11.4. The van der Waals surface area contributed by atoms with Crippen LogP contribution in [0.1, 0.15) is 49.2 Å². The lowest BCUT2D eigenvalue weighted by molar-refractivity contribution is -0.137. The molecule has 34 heavy (non-hydrogen) atoms. The molecule has 0 aromatic heterocycles. The molecule has 1 saturated heterocycles. The number of carbonyl (C=O) groups is 2. The summed E-state index contributed by atoms with van der Waals surface area (Å²) < 4.78 is 55.1. The number of thiocarbonyl (C=S) groups is 1. The highest BCUT2D eigenvalue weighted by molar-refractivity contribution is 7.81. The maximum absolute atomic E-state index is 14.8. The van der Waals surface area contributed by atoms with Crippen LogP contribution in [0, 0.1) is 17.1 Å². The van der Waals surface area contributed by atoms with E-state index in [1.807, 2.05) is 0 Å². The number of carbonyl (C=O) groups excluding carboxylic acids is 2. The molecule has 1 N–H and O–H groups in total. The molecule has 0 aliphatic carbocycles. The van der Waals surface area contributed by atoms with E-state index in [1.54, 1.807) is 13.8 Å². The second kappa shape index (κ2) is 8.68. The minimum atomic E-state index is -4.82. The van der Waals surface area contributed by atoms with Crippen LogP contribution in [0.15, 0.2) is 36.4 Å². The van der Waals surface area contributed by atoms with Gasteiger partial charge in [-0.1, -0.05) is 0 Å². The molecule has 2 amide bonds. The average Bonchev–Trinajstić information content (AvgIpc) is 2.90. The number of rotatable bonds is 4. The molecular formula is C23H20F4N4O2S. The SMILES string of the molecule is CC(C)NC(=O)c1ccc(N2C(=S)N(c3ccc(C#N)c(C(F)(F)F)c3)C(=O)C2(C)C)cc1F. The minimum absolute atomic E-state index is 0.147. The number of halogens is 4. The van der Waals surface area contributed by atoms with Gasteiger partial charge >= 0.3 is 6.18 Å². The van der Waals surface area contributed by atoms with E-state index in [9.17, 15) is 27.2 Å². The van der Waals surface area contributed by atoms with Crippen molar-refractivity contribution in [2.45, 2.75) is 45.5 Å². The number of hydrogen-bond donors (Lipinski definition) is 1. The highest BCUT2D eigenvalue weighted by Gasteiger charge is 2.51. The van der Waals surface area contributed by atoms with Crippen LogP contribution < -0.4 is 15.1 Å². The summed E-state index contributed by atoms with van der Waals surface area (Å²) in [5.74, 6) is -2.10. The zero-order valence-electron chi connectivity index (χ0n) is 18.6. The number of alkyl halides is 3. The number of anilines is 2. The zero-order valence-corrected chi connectivity index (χ0v) is 19.4. The van der Waals surface area contributed by atoms with Crippen molar-refractivity contribution >= 4 is 40.5 Å². The largest absolute Gasteiger partial charge is 0.417 e. The third-order valence-electron chi connectivity index (χ3n) is 5.23. The first-order valence-electron chi connectivity index (χ1n) is 10.1. The zero-order chi connectivity index (χ0) is 25.6. The summed E-state index contributed by atoms with van der Waals surface area (Å²) in [6.07, 6.45) is -4.82. The second-order valence-corrected chi connectivity index (χ2v) is 8.81. The molecule has 1 aliphatic heterocycles. The van der Waals surface area contributed by atoms with Crippen molar-refractivity contribution in [2.24, 2.45) is 0 Å². The molecule has 11 heteroatoms. The van der Waals surface area contributed by atoms with E-state index in [1.165, 1.54) is 43.0 Å². The number of nitriles is 1. The van der Waals surface area contributed by atoms with Crippen LogP contribution >= 0.6 is 12.2 Å². The predicted octanol–water partition coefficient (Wildman–Crippen LogP) is 4.77. The number of nitrogens with one attached hydrogen (secondary N) is 1. The van der Waals surface area contributed by atoms with Gasteiger partial charge in [0.1, 0.15) is 11.4 Å². The highest BCUT2D eigenvalue weighted by atomic mass is 32.1. The van der Waals surface area contributed by atoms with Gasteiger partial charge in [0.2, 0.25) is 0 Å². The summed E-state index contributed by atoms with van der Waals surface area (Å²) >= 11 is 5.42. The molecule has 0 unspecified atom stereocenters. The Morgan fingerprint density at radius 3 is 2.29 bits per heavy atom. The van der Waals surface area contributed by atoms with Crippen LogP contribution in [-0.2, 0) is 11.0 Å². The van der Waals surface area contributed by atoms with E-state index in [2.05, 4.69) is 5.32 Å². The van der Waals surface area contributed by atoms with Crippen LogP contribution in [0.4, 0.5) is 28.9 Å². The van der Waals surface area contributed by atoms with Crippen molar-refractivity contribution in [3.63, 3.8) is 0 Å². The average molecular weight is 492 g/mol. The Labute approximate surface area is 198 Å². The molecule has 2 aromatic rings. The van der Waals surface area contributed by atoms with E-state index in [0.717, 1.165) is 17.0 Å². The smallest absolute Gasteiger partial charge is 0.350 e. The lowest BCUT2D eigenvalue weighted by Gasteiger charge is -2.29. The molecule has 2 aromatic carbocycles. The van der Waals surface area contributed by atoms with Gasteiger partial charge in [-0.3, -0.25) is 14.5 Å². The maximum Gasteiger partial charge on any atom is 0.417 e. The van der Waals surface area contributed by atoms with E-state index in [0.29, 0.717) is 6.07 Å². The molecule has 0 spiro atoms. The molecule has 1 fully saturated rings. The Balaban J connectivity index is 2.05. The van der Waals surface area contributed by atoms with Crippen LogP contribution in [-0.4, -0.2) is 28.5 Å². The summed E-state index contributed by atoms with van der Waals surface area (Å²) in [6.45, 7) is 6.44. The number of benzene rings is 2. The Morgan fingerprint density at radius 1 is 1.15 bits per heavy atom. The normalized spacial score (nSPS) is 15.6. The van der Waals surface area contributed by atoms with Crippen molar-refractivity contribution in [2.75, 3.05) is 9.80 Å². The third-order valence-corrected chi connectivity index (χ3v) is 5.60. The van der Waals surface area contributed by atoms with E-state index >= 15 is 0 Å².